The molecule has 1 aromatic carbocycles. The molecule has 0 spiro atoms. The number of carbonyl (C=O) groups is 1. The van der Waals surface area contributed by atoms with Crippen LogP contribution in [0.2, 0.25) is 0 Å². The zero-order valence-electron chi connectivity index (χ0n) is 9.17. The number of amides is 1. The molecular weight excluding hydrogens is 238 g/mol. The van der Waals surface area contributed by atoms with Crippen LogP contribution in [0.15, 0.2) is 29.2 Å². The largest absolute Gasteiger partial charge is 0.345 e. The van der Waals surface area contributed by atoms with Crippen LogP contribution in [0.25, 0.3) is 0 Å². The lowest BCUT2D eigenvalue weighted by Gasteiger charge is -2.06. The van der Waals surface area contributed by atoms with Crippen LogP contribution in [-0.2, 0) is 6.54 Å². The highest BCUT2D eigenvalue weighted by Gasteiger charge is 2.10. The van der Waals surface area contributed by atoms with E-state index in [1.54, 1.807) is 6.07 Å². The van der Waals surface area contributed by atoms with Crippen molar-refractivity contribution in [3.8, 4) is 0 Å². The maximum Gasteiger partial charge on any atom is 0.252 e. The quantitative estimate of drug-likeness (QED) is 0.785. The third-order valence-corrected chi connectivity index (χ3v) is 2.94. The molecule has 1 amide bonds. The van der Waals surface area contributed by atoms with E-state index >= 15 is 0 Å². The molecule has 2 aromatic rings. The zero-order valence-corrected chi connectivity index (χ0v) is 9.99. The highest BCUT2D eigenvalue weighted by atomic mass is 32.2. The average Bonchev–Trinajstić information content (AvgIpc) is 2.89. The summed E-state index contributed by atoms with van der Waals surface area (Å²) in [7, 11) is 0. The molecule has 0 aliphatic heterocycles. The Labute approximate surface area is 102 Å². The number of nitrogens with zero attached hydrogens (tertiary/aromatic N) is 3. The van der Waals surface area contributed by atoms with Gasteiger partial charge < -0.3 is 5.32 Å². The standard InChI is InChI=1S/C10H11N5OS/c1-17-8-5-3-2-4-7(8)10(16)11-6-9-12-14-15-13-9/h2-5H,6H2,1H3,(H,11,16)(H,12,13,14,15). The molecule has 0 bridgehead atoms. The Kier molecular flexibility index (Phi) is 3.71. The van der Waals surface area contributed by atoms with Gasteiger partial charge in [0.2, 0.25) is 0 Å². The molecule has 0 aliphatic rings. The molecule has 88 valence electrons. The van der Waals surface area contributed by atoms with Crippen LogP contribution in [0.3, 0.4) is 0 Å². The lowest BCUT2D eigenvalue weighted by molar-refractivity contribution is 0.0947. The second-order valence-electron chi connectivity index (χ2n) is 3.21. The van der Waals surface area contributed by atoms with Crippen LogP contribution in [0.5, 0.6) is 0 Å². The summed E-state index contributed by atoms with van der Waals surface area (Å²) in [6.45, 7) is 0.262. The van der Waals surface area contributed by atoms with Crippen molar-refractivity contribution in [3.05, 3.63) is 35.7 Å². The van der Waals surface area contributed by atoms with Crippen LogP contribution in [0.4, 0.5) is 0 Å². The molecule has 0 saturated carbocycles. The van der Waals surface area contributed by atoms with Gasteiger partial charge >= 0.3 is 0 Å². The monoisotopic (exact) mass is 249 g/mol. The smallest absolute Gasteiger partial charge is 0.252 e. The maximum atomic E-state index is 11.9. The van der Waals surface area contributed by atoms with E-state index in [1.165, 1.54) is 11.8 Å². The van der Waals surface area contributed by atoms with Gasteiger partial charge in [-0.25, -0.2) is 0 Å². The summed E-state index contributed by atoms with van der Waals surface area (Å²) in [4.78, 5) is 12.9. The van der Waals surface area contributed by atoms with Crippen LogP contribution in [-0.4, -0.2) is 32.8 Å². The third-order valence-electron chi connectivity index (χ3n) is 2.15. The van der Waals surface area contributed by atoms with Gasteiger partial charge in [-0.1, -0.05) is 17.3 Å². The molecule has 1 aromatic heterocycles. The number of carbonyl (C=O) groups excluding carboxylic acids is 1. The van der Waals surface area contributed by atoms with Gasteiger partial charge in [0.25, 0.3) is 5.91 Å². The number of nitrogens with one attached hydrogen (secondary N) is 2. The number of thioether (sulfide) groups is 1. The van der Waals surface area contributed by atoms with Crippen molar-refractivity contribution in [1.29, 1.82) is 0 Å². The van der Waals surface area contributed by atoms with Crippen molar-refractivity contribution >= 4 is 17.7 Å². The van der Waals surface area contributed by atoms with E-state index in [-0.39, 0.29) is 12.5 Å². The van der Waals surface area contributed by atoms with E-state index in [0.29, 0.717) is 11.4 Å². The highest BCUT2D eigenvalue weighted by Crippen LogP contribution is 2.19. The summed E-state index contributed by atoms with van der Waals surface area (Å²) in [5.74, 6) is 0.319. The minimum absolute atomic E-state index is 0.139. The maximum absolute atomic E-state index is 11.9. The second kappa shape index (κ2) is 5.44. The number of hydrogen-bond donors (Lipinski definition) is 2. The van der Waals surface area contributed by atoms with Crippen LogP contribution in [0, 0.1) is 0 Å². The average molecular weight is 249 g/mol. The normalized spacial score (nSPS) is 10.2. The van der Waals surface area contributed by atoms with Gasteiger partial charge in [0, 0.05) is 4.90 Å². The Bertz CT molecular complexity index is 499. The summed E-state index contributed by atoms with van der Waals surface area (Å²) in [6, 6.07) is 7.44. The van der Waals surface area contributed by atoms with E-state index in [2.05, 4.69) is 25.9 Å². The molecule has 0 aliphatic carbocycles. The number of tetrazole rings is 1. The van der Waals surface area contributed by atoms with Gasteiger partial charge in [-0.05, 0) is 18.4 Å². The van der Waals surface area contributed by atoms with E-state index in [0.717, 1.165) is 4.90 Å². The molecule has 1 heterocycles. The zero-order chi connectivity index (χ0) is 12.1. The van der Waals surface area contributed by atoms with E-state index < -0.39 is 0 Å². The molecule has 2 N–H and O–H groups in total. The van der Waals surface area contributed by atoms with Crippen molar-refractivity contribution in [2.75, 3.05) is 6.26 Å². The predicted molar refractivity (Wildman–Crippen MR) is 63.6 cm³/mol. The molecular formula is C10H11N5OS. The second-order valence-corrected chi connectivity index (χ2v) is 4.06. The van der Waals surface area contributed by atoms with Crippen molar-refractivity contribution in [2.24, 2.45) is 0 Å². The van der Waals surface area contributed by atoms with Crippen LogP contribution < -0.4 is 5.32 Å². The van der Waals surface area contributed by atoms with Gasteiger partial charge in [0.05, 0.1) is 12.1 Å². The summed E-state index contributed by atoms with van der Waals surface area (Å²) < 4.78 is 0. The lowest BCUT2D eigenvalue weighted by Crippen LogP contribution is -2.24. The Morgan fingerprint density at radius 2 is 2.29 bits per heavy atom. The summed E-state index contributed by atoms with van der Waals surface area (Å²) in [6.07, 6.45) is 1.94. The molecule has 0 atom stereocenters. The minimum Gasteiger partial charge on any atom is -0.345 e. The summed E-state index contributed by atoms with van der Waals surface area (Å²) in [5.41, 5.74) is 0.656. The molecule has 7 heteroatoms. The number of rotatable bonds is 4. The van der Waals surface area contributed by atoms with Gasteiger partial charge in [-0.3, -0.25) is 4.79 Å². The Morgan fingerprint density at radius 3 is 3.00 bits per heavy atom. The van der Waals surface area contributed by atoms with E-state index in [4.69, 9.17) is 0 Å². The van der Waals surface area contributed by atoms with Gasteiger partial charge in [-0.2, -0.15) is 5.21 Å². The van der Waals surface area contributed by atoms with Crippen molar-refractivity contribution < 1.29 is 4.79 Å². The first kappa shape index (κ1) is 11.6. The molecule has 17 heavy (non-hydrogen) atoms. The van der Waals surface area contributed by atoms with Gasteiger partial charge in [-0.15, -0.1) is 22.0 Å². The molecule has 2 rings (SSSR count). The SMILES string of the molecule is CSc1ccccc1C(=O)NCc1nn[nH]n1. The molecule has 0 radical (unpaired) electrons. The van der Waals surface area contributed by atoms with Crippen LogP contribution >= 0.6 is 11.8 Å². The third kappa shape index (κ3) is 2.82. The Balaban J connectivity index is 2.04. The number of benzene rings is 1. The first-order valence-electron chi connectivity index (χ1n) is 4.95. The summed E-state index contributed by atoms with van der Waals surface area (Å²) >= 11 is 1.54. The molecule has 0 fully saturated rings. The number of aromatic nitrogens is 4. The molecule has 0 saturated heterocycles. The van der Waals surface area contributed by atoms with E-state index in [1.807, 2.05) is 24.5 Å². The first-order valence-corrected chi connectivity index (χ1v) is 6.17. The molecule has 0 unspecified atom stereocenters. The Hall–Kier alpha value is -1.89. The first-order chi connectivity index (χ1) is 8.31. The number of aromatic amines is 1. The Morgan fingerprint density at radius 1 is 1.47 bits per heavy atom. The fraction of sp³-hybridized carbons (Fsp3) is 0.200. The summed E-state index contributed by atoms with van der Waals surface area (Å²) in [5, 5.41) is 16.0. The van der Waals surface area contributed by atoms with Crippen molar-refractivity contribution in [2.45, 2.75) is 11.4 Å². The van der Waals surface area contributed by atoms with Crippen molar-refractivity contribution in [3.63, 3.8) is 0 Å². The highest BCUT2D eigenvalue weighted by molar-refractivity contribution is 7.98. The number of hydrogen-bond acceptors (Lipinski definition) is 5. The van der Waals surface area contributed by atoms with Crippen molar-refractivity contribution in [1.82, 2.24) is 25.9 Å². The fourth-order valence-corrected chi connectivity index (χ4v) is 1.94. The number of H-pyrrole nitrogens is 1. The fourth-order valence-electron chi connectivity index (χ4n) is 1.34. The molecule has 6 nitrogen and oxygen atoms in total. The van der Waals surface area contributed by atoms with Gasteiger partial charge in [0.15, 0.2) is 5.82 Å². The van der Waals surface area contributed by atoms with Crippen LogP contribution in [0.1, 0.15) is 16.2 Å². The predicted octanol–water partition coefficient (Wildman–Crippen LogP) is 0.852. The van der Waals surface area contributed by atoms with Gasteiger partial charge in [0.1, 0.15) is 0 Å². The van der Waals surface area contributed by atoms with E-state index in [9.17, 15) is 4.79 Å². The minimum atomic E-state index is -0.139. The topological polar surface area (TPSA) is 83.6 Å². The lowest BCUT2D eigenvalue weighted by atomic mass is 10.2.